The number of para-hydroxylation sites is 3. The van der Waals surface area contributed by atoms with Crippen molar-refractivity contribution in [1.82, 2.24) is 9.55 Å². The van der Waals surface area contributed by atoms with E-state index in [0.29, 0.717) is 0 Å². The highest BCUT2D eigenvalue weighted by Gasteiger charge is 2.38. The van der Waals surface area contributed by atoms with Crippen molar-refractivity contribution in [1.29, 1.82) is 0 Å². The Morgan fingerprint density at radius 1 is 1.10 bits per heavy atom. The van der Waals surface area contributed by atoms with Crippen LogP contribution >= 0.6 is 0 Å². The molecule has 6 nitrogen and oxygen atoms in total. The second kappa shape index (κ2) is 7.44. The van der Waals surface area contributed by atoms with E-state index in [2.05, 4.69) is 24.9 Å². The minimum atomic E-state index is -0.463. The summed E-state index contributed by atoms with van der Waals surface area (Å²) in [6, 6.07) is 15.7. The van der Waals surface area contributed by atoms with Gasteiger partial charge in [-0.25, -0.2) is 4.98 Å². The molecule has 0 amide bonds. The normalized spacial score (nSPS) is 16.1. The second-order valence-electron chi connectivity index (χ2n) is 8.09. The molecule has 2 aromatic carbocycles. The number of carbonyl (C=O) groups excluding carboxylic acids is 2. The van der Waals surface area contributed by atoms with Crippen LogP contribution in [0.25, 0.3) is 11.0 Å². The first-order valence-electron chi connectivity index (χ1n) is 9.95. The van der Waals surface area contributed by atoms with E-state index in [1.807, 2.05) is 61.3 Å². The van der Waals surface area contributed by atoms with E-state index in [-0.39, 0.29) is 24.3 Å². The van der Waals surface area contributed by atoms with Crippen LogP contribution in [0.5, 0.6) is 0 Å². The summed E-state index contributed by atoms with van der Waals surface area (Å²) in [5, 5.41) is 0. The molecule has 1 aliphatic heterocycles. The predicted octanol–water partition coefficient (Wildman–Crippen LogP) is 3.77. The lowest BCUT2D eigenvalue weighted by molar-refractivity contribution is -0.147. The van der Waals surface area contributed by atoms with Crippen LogP contribution in [0.4, 0.5) is 5.69 Å². The van der Waals surface area contributed by atoms with Crippen molar-refractivity contribution in [2.24, 2.45) is 0 Å². The highest BCUT2D eigenvalue weighted by molar-refractivity contribution is 5.94. The first kappa shape index (κ1) is 19.9. The fourth-order valence-corrected chi connectivity index (χ4v) is 4.17. The summed E-state index contributed by atoms with van der Waals surface area (Å²) >= 11 is 0. The van der Waals surface area contributed by atoms with Crippen molar-refractivity contribution in [3.05, 3.63) is 71.7 Å². The van der Waals surface area contributed by atoms with E-state index >= 15 is 0 Å². The Labute approximate surface area is 175 Å². The van der Waals surface area contributed by atoms with Gasteiger partial charge in [0.1, 0.15) is 12.4 Å². The molecule has 0 N–H and O–H groups in total. The zero-order chi connectivity index (χ0) is 21.5. The zero-order valence-electron chi connectivity index (χ0n) is 17.7. The second-order valence-corrected chi connectivity index (χ2v) is 8.09. The third kappa shape index (κ3) is 3.38. The van der Waals surface area contributed by atoms with Gasteiger partial charge < -0.3 is 14.2 Å². The molecule has 0 aliphatic carbocycles. The molecule has 1 aliphatic rings. The van der Waals surface area contributed by atoms with E-state index in [4.69, 9.17) is 4.74 Å². The van der Waals surface area contributed by atoms with Gasteiger partial charge in [-0.15, -0.1) is 0 Å². The van der Waals surface area contributed by atoms with Crippen molar-refractivity contribution in [3.8, 4) is 0 Å². The van der Waals surface area contributed by atoms with E-state index in [1.165, 1.54) is 5.56 Å². The molecule has 6 heteroatoms. The Bertz CT molecular complexity index is 1170. The molecule has 0 unspecified atom stereocenters. The number of aryl methyl sites for hydroxylation is 1. The molecule has 0 fully saturated rings. The molecule has 0 spiro atoms. The van der Waals surface area contributed by atoms with Crippen LogP contribution in [0.15, 0.2) is 60.3 Å². The van der Waals surface area contributed by atoms with E-state index in [1.54, 1.807) is 10.6 Å². The average Bonchev–Trinajstić information content (AvgIpc) is 3.13. The molecular weight excluding hydrogens is 378 g/mol. The van der Waals surface area contributed by atoms with Crippen molar-refractivity contribution >= 4 is 28.5 Å². The lowest BCUT2D eigenvalue weighted by Gasteiger charge is -2.23. The van der Waals surface area contributed by atoms with Gasteiger partial charge in [-0.1, -0.05) is 44.2 Å². The van der Waals surface area contributed by atoms with Gasteiger partial charge in [0.15, 0.2) is 12.4 Å². The quantitative estimate of drug-likeness (QED) is 0.479. The van der Waals surface area contributed by atoms with Crippen molar-refractivity contribution in [3.63, 3.8) is 0 Å². The molecule has 2 heterocycles. The molecule has 0 bridgehead atoms. The third-order valence-electron chi connectivity index (χ3n) is 5.75. The van der Waals surface area contributed by atoms with Gasteiger partial charge in [0, 0.05) is 29.9 Å². The SMILES string of the molecule is Cc1nc2ccccc2n1CC(=O)OCC(=O)C=C1N(C)c2ccccc2C1(C)C. The van der Waals surface area contributed by atoms with Crippen molar-refractivity contribution in [2.45, 2.75) is 32.7 Å². The van der Waals surface area contributed by atoms with E-state index < -0.39 is 5.97 Å². The fraction of sp³-hybridized carbons (Fsp3) is 0.292. The molecule has 0 radical (unpaired) electrons. The number of hydrogen-bond acceptors (Lipinski definition) is 5. The summed E-state index contributed by atoms with van der Waals surface area (Å²) < 4.78 is 7.07. The Morgan fingerprint density at radius 2 is 1.80 bits per heavy atom. The van der Waals surface area contributed by atoms with Gasteiger partial charge in [-0.05, 0) is 30.7 Å². The number of ether oxygens (including phenoxy) is 1. The number of rotatable bonds is 5. The third-order valence-corrected chi connectivity index (χ3v) is 5.75. The smallest absolute Gasteiger partial charge is 0.326 e. The standard InChI is InChI=1S/C24H25N3O3/c1-16-25-19-10-6-8-12-21(19)27(16)14-23(29)30-15-17(28)13-22-24(2,3)18-9-5-7-11-20(18)26(22)4/h5-13H,14-15H2,1-4H3. The number of benzene rings is 2. The van der Waals surface area contributed by atoms with Crippen LogP contribution in [0, 0.1) is 6.92 Å². The number of allylic oxidation sites excluding steroid dienone is 1. The first-order chi connectivity index (χ1) is 14.3. The maximum Gasteiger partial charge on any atom is 0.326 e. The van der Waals surface area contributed by atoms with Crippen LogP contribution in [-0.4, -0.2) is 35.0 Å². The van der Waals surface area contributed by atoms with Crippen LogP contribution < -0.4 is 4.90 Å². The highest BCUT2D eigenvalue weighted by Crippen LogP contribution is 2.46. The summed E-state index contributed by atoms with van der Waals surface area (Å²) in [6.07, 6.45) is 1.59. The van der Waals surface area contributed by atoms with Gasteiger partial charge >= 0.3 is 5.97 Å². The van der Waals surface area contributed by atoms with Crippen molar-refractivity contribution in [2.75, 3.05) is 18.6 Å². The number of hydrogen-bond donors (Lipinski definition) is 0. The van der Waals surface area contributed by atoms with Gasteiger partial charge in [-0.2, -0.15) is 0 Å². The van der Waals surface area contributed by atoms with Gasteiger partial charge in [-0.3, -0.25) is 9.59 Å². The average molecular weight is 403 g/mol. The lowest BCUT2D eigenvalue weighted by Crippen LogP contribution is -2.25. The number of fused-ring (bicyclic) bond motifs is 2. The molecule has 0 atom stereocenters. The lowest BCUT2D eigenvalue weighted by atomic mass is 9.83. The number of likely N-dealkylation sites (N-methyl/N-ethyl adjacent to an activating group) is 1. The van der Waals surface area contributed by atoms with Crippen molar-refractivity contribution < 1.29 is 14.3 Å². The summed E-state index contributed by atoms with van der Waals surface area (Å²) in [6.45, 7) is 5.76. The summed E-state index contributed by atoms with van der Waals surface area (Å²) in [7, 11) is 1.95. The number of aromatic nitrogens is 2. The van der Waals surface area contributed by atoms with Crippen LogP contribution in [-0.2, 0) is 26.3 Å². The summed E-state index contributed by atoms with van der Waals surface area (Å²) in [5.41, 5.74) is 4.55. The number of anilines is 1. The minimum Gasteiger partial charge on any atom is -0.456 e. The van der Waals surface area contributed by atoms with Crippen LogP contribution in [0.2, 0.25) is 0 Å². The summed E-state index contributed by atoms with van der Waals surface area (Å²) in [4.78, 5) is 31.4. The zero-order valence-corrected chi connectivity index (χ0v) is 17.7. The number of nitrogens with zero attached hydrogens (tertiary/aromatic N) is 3. The highest BCUT2D eigenvalue weighted by atomic mass is 16.5. The topological polar surface area (TPSA) is 64.4 Å². The first-order valence-corrected chi connectivity index (χ1v) is 9.95. The van der Waals surface area contributed by atoms with Gasteiger partial charge in [0.25, 0.3) is 0 Å². The van der Waals surface area contributed by atoms with Crippen LogP contribution in [0.1, 0.15) is 25.2 Å². The minimum absolute atomic E-state index is 0.0209. The number of ketones is 1. The Morgan fingerprint density at radius 3 is 2.57 bits per heavy atom. The molecule has 0 saturated carbocycles. The van der Waals surface area contributed by atoms with Gasteiger partial charge in [0.05, 0.1) is 11.0 Å². The Hall–Kier alpha value is -3.41. The molecule has 30 heavy (non-hydrogen) atoms. The van der Waals surface area contributed by atoms with Crippen LogP contribution in [0.3, 0.4) is 0 Å². The molecule has 4 rings (SSSR count). The predicted molar refractivity (Wildman–Crippen MR) is 116 cm³/mol. The Balaban J connectivity index is 1.44. The molecule has 1 aromatic heterocycles. The molecule has 154 valence electrons. The maximum atomic E-state index is 12.6. The number of carbonyl (C=O) groups is 2. The summed E-state index contributed by atoms with van der Waals surface area (Å²) in [5.74, 6) is 0.0299. The molecular formula is C24H25N3O3. The fourth-order valence-electron chi connectivity index (χ4n) is 4.17. The Kier molecular flexibility index (Phi) is 4.94. The number of esters is 1. The van der Waals surface area contributed by atoms with Gasteiger partial charge in [0.2, 0.25) is 0 Å². The number of imidazole rings is 1. The maximum absolute atomic E-state index is 12.6. The van der Waals surface area contributed by atoms with E-state index in [0.717, 1.165) is 28.2 Å². The monoisotopic (exact) mass is 403 g/mol. The largest absolute Gasteiger partial charge is 0.456 e. The molecule has 3 aromatic rings. The van der Waals surface area contributed by atoms with E-state index in [9.17, 15) is 9.59 Å². The molecule has 0 saturated heterocycles.